The third kappa shape index (κ3) is 18.0. The van der Waals surface area contributed by atoms with Gasteiger partial charge in [-0.25, -0.2) is 0 Å². The Morgan fingerprint density at radius 3 is 1.23 bits per heavy atom. The number of benzene rings is 21. The zero-order valence-electron chi connectivity index (χ0n) is 74.4. The van der Waals surface area contributed by atoms with Crippen LogP contribution in [0.2, 0.25) is 0 Å². The van der Waals surface area contributed by atoms with Gasteiger partial charge in [0.1, 0.15) is 0 Å². The van der Waals surface area contributed by atoms with Crippen molar-refractivity contribution in [2.75, 3.05) is 0 Å². The molecule has 0 nitrogen and oxygen atoms in total. The van der Waals surface area contributed by atoms with E-state index in [0.29, 0.717) is 0 Å². The van der Waals surface area contributed by atoms with Crippen molar-refractivity contribution in [3.8, 4) is 33.4 Å². The molecule has 22 rings (SSSR count). The van der Waals surface area contributed by atoms with Crippen LogP contribution in [0.1, 0.15) is 74.5 Å². The van der Waals surface area contributed by atoms with Gasteiger partial charge in [-0.1, -0.05) is 501 Å². The van der Waals surface area contributed by atoms with Crippen LogP contribution < -0.4 is 0 Å². The van der Waals surface area contributed by atoms with Gasteiger partial charge >= 0.3 is 0 Å². The lowest BCUT2D eigenvalue weighted by Crippen LogP contribution is -1.97. The summed E-state index contributed by atoms with van der Waals surface area (Å²) in [6.45, 7) is 31.7. The van der Waals surface area contributed by atoms with Crippen molar-refractivity contribution >= 4 is 166 Å². The molecule has 0 heteroatoms. The van der Waals surface area contributed by atoms with E-state index in [1.54, 1.807) is 0 Å². The minimum Gasteiger partial charge on any atom is -0.0984 e. The molecule has 0 bridgehead atoms. The minimum atomic E-state index is 0.905. The van der Waals surface area contributed by atoms with Crippen molar-refractivity contribution in [1.82, 2.24) is 0 Å². The van der Waals surface area contributed by atoms with E-state index in [0.717, 1.165) is 56.5 Å². The molecule has 1 aliphatic rings. The highest BCUT2D eigenvalue weighted by Crippen LogP contribution is 2.48. The van der Waals surface area contributed by atoms with Gasteiger partial charge in [-0.2, -0.15) is 0 Å². The maximum Gasteiger partial charge on any atom is -0.00204 e. The van der Waals surface area contributed by atoms with Gasteiger partial charge in [0.15, 0.2) is 0 Å². The smallest absolute Gasteiger partial charge is 0.00204 e. The fraction of sp³-hybridized carbons (Fsp3) is 0.0152. The van der Waals surface area contributed by atoms with E-state index in [4.69, 9.17) is 0 Å². The van der Waals surface area contributed by atoms with Gasteiger partial charge in [0, 0.05) is 0 Å². The van der Waals surface area contributed by atoms with Crippen LogP contribution in [-0.2, 0) is 0 Å². The first-order valence-corrected chi connectivity index (χ1v) is 45.1. The zero-order valence-corrected chi connectivity index (χ0v) is 74.4. The molecule has 0 aromatic heterocycles. The summed E-state index contributed by atoms with van der Waals surface area (Å²) in [5.74, 6) is 0. The molecular formula is C132H100. The summed E-state index contributed by atoms with van der Waals surface area (Å²) in [6.07, 6.45) is 26.1. The summed E-state index contributed by atoms with van der Waals surface area (Å²) in [7, 11) is 0. The average molecular weight is 1690 g/mol. The van der Waals surface area contributed by atoms with Gasteiger partial charge in [-0.15, -0.1) is 0 Å². The second kappa shape index (κ2) is 40.0. The van der Waals surface area contributed by atoms with Crippen LogP contribution >= 0.6 is 0 Å². The molecule has 0 unspecified atom stereocenters. The molecule has 0 saturated carbocycles. The molecule has 0 amide bonds. The van der Waals surface area contributed by atoms with Gasteiger partial charge in [-0.3, -0.25) is 0 Å². The quantitative estimate of drug-likeness (QED) is 0.0514. The van der Waals surface area contributed by atoms with Gasteiger partial charge < -0.3 is 0 Å². The Kier molecular flexibility index (Phi) is 26.0. The van der Waals surface area contributed by atoms with Crippen molar-refractivity contribution in [2.45, 2.75) is 13.3 Å². The Labute approximate surface area is 775 Å². The molecule has 0 heterocycles. The second-order valence-electron chi connectivity index (χ2n) is 33.1. The fourth-order valence-electron chi connectivity index (χ4n) is 18.8. The molecule has 132 heavy (non-hydrogen) atoms. The van der Waals surface area contributed by atoms with Gasteiger partial charge in [-0.05, 0) is 280 Å². The predicted molar refractivity (Wildman–Crippen MR) is 583 cm³/mol. The Hall–Kier alpha value is -16.9. The van der Waals surface area contributed by atoms with Crippen LogP contribution in [0, 0.1) is 0 Å². The SMILES string of the molecule is C=C/C(=C\c1ccccc1)c1ccccc1.C=Cc1cc(-c2ccc3ccc(-c4c(C=C)c(C=C)c(-c5cccc6ccccc56)c5ccccc45)cc3c2)c2ccccc2c1C=C.C=Cc1ccccc1C(=C)c1c2ccccc2c(/C(C)=C/C=C2/C=CC(c3cccc4ccccc34)=CC2)c2ccccc12.c1ccc2cc3ccccc3cc2c1.c1ccc2ccccc2c1. The minimum absolute atomic E-state index is 0.905. The third-order valence-corrected chi connectivity index (χ3v) is 25.3. The van der Waals surface area contributed by atoms with E-state index in [2.05, 4.69) is 472 Å². The van der Waals surface area contributed by atoms with E-state index in [1.165, 1.54) is 180 Å². The van der Waals surface area contributed by atoms with Crippen molar-refractivity contribution < 1.29 is 0 Å². The Bertz CT molecular complexity index is 7990. The van der Waals surface area contributed by atoms with E-state index in [9.17, 15) is 0 Å². The molecule has 21 aromatic carbocycles. The molecule has 0 fully saturated rings. The first-order chi connectivity index (χ1) is 65.1. The maximum absolute atomic E-state index is 4.64. The number of hydrogen-bond donors (Lipinski definition) is 0. The Morgan fingerprint density at radius 2 is 0.697 bits per heavy atom. The van der Waals surface area contributed by atoms with Crippen LogP contribution in [0.15, 0.2) is 507 Å². The van der Waals surface area contributed by atoms with E-state index in [1.807, 2.05) is 72.9 Å². The summed E-state index contributed by atoms with van der Waals surface area (Å²) >= 11 is 0. The average Bonchev–Trinajstić information content (AvgIpc) is 0.734. The zero-order chi connectivity index (χ0) is 90.2. The summed E-state index contributed by atoms with van der Waals surface area (Å²) in [5.41, 5.74) is 25.8. The highest BCUT2D eigenvalue weighted by molar-refractivity contribution is 6.19. The molecule has 0 aliphatic heterocycles. The normalized spacial score (nSPS) is 12.1. The van der Waals surface area contributed by atoms with Crippen molar-refractivity contribution in [3.63, 3.8) is 0 Å². The predicted octanol–water partition coefficient (Wildman–Crippen LogP) is 37.3. The van der Waals surface area contributed by atoms with Gasteiger partial charge in [0.05, 0.1) is 0 Å². The summed E-state index contributed by atoms with van der Waals surface area (Å²) in [4.78, 5) is 0. The van der Waals surface area contributed by atoms with Crippen molar-refractivity contribution in [3.05, 3.63) is 568 Å². The second-order valence-corrected chi connectivity index (χ2v) is 33.1. The van der Waals surface area contributed by atoms with Crippen LogP contribution in [-0.4, -0.2) is 0 Å². The van der Waals surface area contributed by atoms with Crippen LogP contribution in [0.5, 0.6) is 0 Å². The topological polar surface area (TPSA) is 0 Å². The monoisotopic (exact) mass is 1680 g/mol. The van der Waals surface area contributed by atoms with Crippen molar-refractivity contribution in [2.24, 2.45) is 0 Å². The largest absolute Gasteiger partial charge is 0.0984 e. The highest BCUT2D eigenvalue weighted by Gasteiger charge is 2.23. The van der Waals surface area contributed by atoms with Gasteiger partial charge in [0.2, 0.25) is 0 Å². The number of rotatable bonds is 16. The standard InChI is InChI=1S/C48H34.C44H34.C16H14.C14H10.C10H8/c1-5-31-30-46(42-20-12-11-19-41(42)37(31)6-2)34-26-24-32-25-27-35(29-36(32)28-34)47-38(7-3)39(8-4)48(45-22-14-13-21-44(45)47)43-23-15-17-33-16-9-10-18-40(33)43;1-4-33-14-5-7-17-36(33)31(3)44-41-21-11-9-19-39(41)43(40-20-10-12-22-42(40)44)30(2)24-25-32-26-28-35(29-27-32)38-23-13-16-34-15-6-8-18-37(34)38;1-2-15(16-11-7-4-8-12-16)13-14-9-5-3-6-10-14;1-2-6-12-10-14-8-4-3-7-13(14)9-11(12)5-1;1-2-6-10-8-4-3-7-9(10)5-1/h5-30H,1-4H2;4-26,28-29H,1,3,27H2,2H3;2-13H,1H2;1-10H;1-8H/b;30-24+,32-25-;15-13+;;. The molecule has 21 aromatic rings. The van der Waals surface area contributed by atoms with Crippen LogP contribution in [0.3, 0.4) is 0 Å². The number of hydrogen-bond acceptors (Lipinski definition) is 0. The van der Waals surface area contributed by atoms with E-state index < -0.39 is 0 Å². The first-order valence-electron chi connectivity index (χ1n) is 45.1. The molecule has 0 radical (unpaired) electrons. The third-order valence-electron chi connectivity index (χ3n) is 25.3. The lowest BCUT2D eigenvalue weighted by molar-refractivity contribution is 1.27. The fourth-order valence-corrected chi connectivity index (χ4v) is 18.8. The number of fused-ring (bicyclic) bond motifs is 10. The molecule has 0 N–H and O–H groups in total. The molecule has 0 spiro atoms. The Balaban J connectivity index is 0.000000125. The Morgan fingerprint density at radius 1 is 0.280 bits per heavy atom. The molecule has 0 atom stereocenters. The first kappa shape index (κ1) is 85.9. The molecule has 628 valence electrons. The molecular weight excluding hydrogens is 1590 g/mol. The maximum atomic E-state index is 4.64. The van der Waals surface area contributed by atoms with Crippen molar-refractivity contribution in [1.29, 1.82) is 0 Å². The summed E-state index contributed by atoms with van der Waals surface area (Å²) in [5, 5.41) is 24.9. The lowest BCUT2D eigenvalue weighted by Gasteiger charge is -2.21. The highest BCUT2D eigenvalue weighted by atomic mass is 14.3. The number of allylic oxidation sites excluding steroid dienone is 10. The van der Waals surface area contributed by atoms with E-state index >= 15 is 0 Å². The van der Waals surface area contributed by atoms with Crippen LogP contribution in [0.4, 0.5) is 0 Å². The summed E-state index contributed by atoms with van der Waals surface area (Å²) < 4.78 is 0. The van der Waals surface area contributed by atoms with E-state index in [-0.39, 0.29) is 0 Å². The molecule has 1 aliphatic carbocycles. The molecule has 0 saturated heterocycles. The van der Waals surface area contributed by atoms with Gasteiger partial charge in [0.25, 0.3) is 0 Å². The summed E-state index contributed by atoms with van der Waals surface area (Å²) in [6, 6.07) is 148. The van der Waals surface area contributed by atoms with Crippen LogP contribution in [0.25, 0.3) is 200 Å². The lowest BCUT2D eigenvalue weighted by atomic mass is 9.82.